The quantitative estimate of drug-likeness (QED) is 0.671. The lowest BCUT2D eigenvalue weighted by Gasteiger charge is -2.03. The third-order valence-corrected chi connectivity index (χ3v) is 5.60. The van der Waals surface area contributed by atoms with Crippen molar-refractivity contribution in [2.45, 2.75) is 14.4 Å². The number of anilines is 1. The van der Waals surface area contributed by atoms with Gasteiger partial charge in [0, 0.05) is 15.9 Å². The summed E-state index contributed by atoms with van der Waals surface area (Å²) in [5.74, 6) is 0.822. The lowest BCUT2D eigenvalue weighted by atomic mass is 10.2. The molecular weight excluding hydrogens is 338 g/mol. The molecule has 1 heterocycles. The van der Waals surface area contributed by atoms with Crippen LogP contribution < -0.4 is 5.73 Å². The van der Waals surface area contributed by atoms with Gasteiger partial charge in [-0.25, -0.2) is 0 Å². The van der Waals surface area contributed by atoms with E-state index in [2.05, 4.69) is 26.1 Å². The van der Waals surface area contributed by atoms with Gasteiger partial charge >= 0.3 is 0 Å². The van der Waals surface area contributed by atoms with Gasteiger partial charge in [0.05, 0.1) is 0 Å². The number of hydrogen-bond acceptors (Lipinski definition) is 6. The maximum Gasteiger partial charge on any atom is 0.175 e. The molecule has 1 aromatic carbocycles. The first-order chi connectivity index (χ1) is 8.19. The average Bonchev–Trinajstić information content (AvgIpc) is 2.76. The number of halogens is 1. The van der Waals surface area contributed by atoms with Crippen LogP contribution in [0, 0.1) is 0 Å². The van der Waals surface area contributed by atoms with Gasteiger partial charge in [0.1, 0.15) is 0 Å². The summed E-state index contributed by atoms with van der Waals surface area (Å²) in [4.78, 5) is 0. The Hall–Kier alpha value is -0.240. The van der Waals surface area contributed by atoms with Crippen molar-refractivity contribution in [1.82, 2.24) is 10.2 Å². The van der Waals surface area contributed by atoms with Gasteiger partial charge in [-0.05, 0) is 24.0 Å². The molecule has 0 spiro atoms. The summed E-state index contributed by atoms with van der Waals surface area (Å²) in [6.45, 7) is 0. The molecular formula is C10H10BrN3S3. The summed E-state index contributed by atoms with van der Waals surface area (Å²) in [6.07, 6.45) is 2.00. The zero-order chi connectivity index (χ0) is 12.3. The molecule has 0 saturated carbocycles. The zero-order valence-electron chi connectivity index (χ0n) is 9.01. The number of aromatic nitrogens is 2. The average molecular weight is 348 g/mol. The number of rotatable bonds is 4. The highest BCUT2D eigenvalue weighted by atomic mass is 79.9. The molecule has 17 heavy (non-hydrogen) atoms. The van der Waals surface area contributed by atoms with Gasteiger partial charge in [0.15, 0.2) is 8.68 Å². The topological polar surface area (TPSA) is 51.8 Å². The van der Waals surface area contributed by atoms with E-state index < -0.39 is 0 Å². The fourth-order valence-corrected chi connectivity index (χ4v) is 4.01. The molecule has 0 atom stereocenters. The maximum absolute atomic E-state index is 5.94. The second kappa shape index (κ2) is 6.08. The number of nitrogens with zero attached hydrogens (tertiary/aromatic N) is 2. The van der Waals surface area contributed by atoms with Gasteiger partial charge < -0.3 is 5.73 Å². The lowest BCUT2D eigenvalue weighted by molar-refractivity contribution is 0.955. The van der Waals surface area contributed by atoms with Crippen molar-refractivity contribution in [3.8, 4) is 0 Å². The Balaban J connectivity index is 2.02. The van der Waals surface area contributed by atoms with Crippen LogP contribution in [0.2, 0.25) is 0 Å². The smallest absolute Gasteiger partial charge is 0.175 e. The molecule has 0 fully saturated rings. The Morgan fingerprint density at radius 2 is 2.12 bits per heavy atom. The van der Waals surface area contributed by atoms with Crippen LogP contribution in [0.3, 0.4) is 0 Å². The summed E-state index contributed by atoms with van der Waals surface area (Å²) in [5.41, 5.74) is 7.87. The fourth-order valence-electron chi connectivity index (χ4n) is 1.17. The van der Waals surface area contributed by atoms with Gasteiger partial charge in [-0.3, -0.25) is 0 Å². The molecule has 0 aliphatic rings. The SMILES string of the molecule is CSc1nnc(SCc2ccc(Br)cc2N)s1. The summed E-state index contributed by atoms with van der Waals surface area (Å²) < 4.78 is 2.98. The Morgan fingerprint density at radius 1 is 1.35 bits per heavy atom. The second-order valence-electron chi connectivity index (χ2n) is 3.17. The molecule has 0 aliphatic heterocycles. The van der Waals surface area contributed by atoms with Gasteiger partial charge in [-0.15, -0.1) is 10.2 Å². The van der Waals surface area contributed by atoms with E-state index in [1.807, 2.05) is 24.5 Å². The Kier molecular flexibility index (Phi) is 4.72. The minimum Gasteiger partial charge on any atom is -0.398 e. The van der Waals surface area contributed by atoms with E-state index in [4.69, 9.17) is 5.73 Å². The standard InChI is InChI=1S/C10H10BrN3S3/c1-15-9-13-14-10(17-9)16-5-6-2-3-7(11)4-8(6)12/h2-4H,5,12H2,1H3. The van der Waals surface area contributed by atoms with Crippen molar-refractivity contribution < 1.29 is 0 Å². The Morgan fingerprint density at radius 3 is 2.76 bits per heavy atom. The van der Waals surface area contributed by atoms with E-state index in [9.17, 15) is 0 Å². The summed E-state index contributed by atoms with van der Waals surface area (Å²) in [5, 5.41) is 8.17. The number of thioether (sulfide) groups is 2. The summed E-state index contributed by atoms with van der Waals surface area (Å²) in [6, 6.07) is 5.95. The van der Waals surface area contributed by atoms with Crippen molar-refractivity contribution in [2.75, 3.05) is 12.0 Å². The van der Waals surface area contributed by atoms with E-state index in [1.165, 1.54) is 0 Å². The first kappa shape index (κ1) is 13.2. The van der Waals surface area contributed by atoms with Crippen molar-refractivity contribution in [3.63, 3.8) is 0 Å². The highest BCUT2D eigenvalue weighted by molar-refractivity contribution is 9.10. The predicted molar refractivity (Wildman–Crippen MR) is 79.8 cm³/mol. The van der Waals surface area contributed by atoms with Crippen molar-refractivity contribution >= 4 is 56.5 Å². The number of nitrogens with two attached hydrogens (primary N) is 1. The molecule has 0 radical (unpaired) electrons. The van der Waals surface area contributed by atoms with Crippen LogP contribution in [-0.2, 0) is 5.75 Å². The third kappa shape index (κ3) is 3.61. The Bertz CT molecular complexity index is 515. The molecule has 1 aromatic heterocycles. The molecule has 7 heteroatoms. The van der Waals surface area contributed by atoms with Crippen LogP contribution in [-0.4, -0.2) is 16.5 Å². The second-order valence-corrected chi connectivity index (χ2v) is 7.34. The molecule has 2 rings (SSSR count). The minimum atomic E-state index is 0.807. The normalized spacial score (nSPS) is 10.7. The van der Waals surface area contributed by atoms with E-state index in [0.29, 0.717) is 0 Å². The monoisotopic (exact) mass is 347 g/mol. The number of benzene rings is 1. The lowest BCUT2D eigenvalue weighted by Crippen LogP contribution is -1.92. The predicted octanol–water partition coefficient (Wildman–Crippen LogP) is 3.90. The molecule has 0 aliphatic carbocycles. The molecule has 3 nitrogen and oxygen atoms in total. The molecule has 0 bridgehead atoms. The maximum atomic E-state index is 5.94. The highest BCUT2D eigenvalue weighted by Crippen LogP contribution is 2.31. The van der Waals surface area contributed by atoms with Crippen LogP contribution in [0.5, 0.6) is 0 Å². The zero-order valence-corrected chi connectivity index (χ0v) is 13.0. The first-order valence-corrected chi connectivity index (χ1v) is 8.55. The van der Waals surface area contributed by atoms with E-state index in [0.717, 1.165) is 30.2 Å². The van der Waals surface area contributed by atoms with Gasteiger partial charge in [0.25, 0.3) is 0 Å². The summed E-state index contributed by atoms with van der Waals surface area (Å²) >= 11 is 8.29. The van der Waals surface area contributed by atoms with Crippen LogP contribution in [0.15, 0.2) is 31.4 Å². The third-order valence-electron chi connectivity index (χ3n) is 2.02. The fraction of sp³-hybridized carbons (Fsp3) is 0.200. The molecule has 2 aromatic rings. The number of hydrogen-bond donors (Lipinski definition) is 1. The minimum absolute atomic E-state index is 0.807. The molecule has 2 N–H and O–H groups in total. The van der Waals surface area contributed by atoms with Crippen molar-refractivity contribution in [1.29, 1.82) is 0 Å². The number of nitrogen functional groups attached to an aromatic ring is 1. The van der Waals surface area contributed by atoms with Gasteiger partial charge in [-0.1, -0.05) is 56.9 Å². The molecule has 90 valence electrons. The van der Waals surface area contributed by atoms with Gasteiger partial charge in [-0.2, -0.15) is 0 Å². The van der Waals surface area contributed by atoms with Crippen LogP contribution in [0.4, 0.5) is 5.69 Å². The van der Waals surface area contributed by atoms with Crippen LogP contribution in [0.1, 0.15) is 5.56 Å². The molecule has 0 saturated heterocycles. The van der Waals surface area contributed by atoms with Crippen molar-refractivity contribution in [2.24, 2.45) is 0 Å². The van der Waals surface area contributed by atoms with Crippen molar-refractivity contribution in [3.05, 3.63) is 28.2 Å². The van der Waals surface area contributed by atoms with Gasteiger partial charge in [0.2, 0.25) is 0 Å². The molecule has 0 amide bonds. The van der Waals surface area contributed by atoms with E-state index in [-0.39, 0.29) is 0 Å². The largest absolute Gasteiger partial charge is 0.398 e. The summed E-state index contributed by atoms with van der Waals surface area (Å²) in [7, 11) is 0. The van der Waals surface area contributed by atoms with Crippen LogP contribution in [0.25, 0.3) is 0 Å². The first-order valence-electron chi connectivity index (χ1n) is 4.73. The van der Waals surface area contributed by atoms with E-state index >= 15 is 0 Å². The van der Waals surface area contributed by atoms with Crippen LogP contribution >= 0.6 is 50.8 Å². The Labute approximate surface area is 121 Å². The highest BCUT2D eigenvalue weighted by Gasteiger charge is 2.06. The van der Waals surface area contributed by atoms with E-state index in [1.54, 1.807) is 34.9 Å². The molecule has 0 unspecified atom stereocenters.